The summed E-state index contributed by atoms with van der Waals surface area (Å²) in [6, 6.07) is 17.3. The summed E-state index contributed by atoms with van der Waals surface area (Å²) in [6.07, 6.45) is 0. The van der Waals surface area contributed by atoms with Gasteiger partial charge in [0, 0.05) is 16.9 Å². The molecule has 0 saturated carbocycles. The molecule has 3 amide bonds. The van der Waals surface area contributed by atoms with E-state index in [1.54, 1.807) is 42.5 Å². The van der Waals surface area contributed by atoms with Crippen LogP contribution in [0.2, 0.25) is 0 Å². The fourth-order valence-corrected chi connectivity index (χ4v) is 3.90. The normalized spacial score (nSPS) is 13.3. The van der Waals surface area contributed by atoms with Crippen molar-refractivity contribution in [3.63, 3.8) is 0 Å². The molecule has 0 aromatic heterocycles. The molecule has 7 nitrogen and oxygen atoms in total. The quantitative estimate of drug-likeness (QED) is 0.458. The number of hydrogen-bond acceptors (Lipinski definition) is 5. The van der Waals surface area contributed by atoms with Gasteiger partial charge in [0.2, 0.25) is 0 Å². The second-order valence-electron chi connectivity index (χ2n) is 8.19. The van der Waals surface area contributed by atoms with Crippen LogP contribution in [-0.2, 0) is 9.59 Å². The van der Waals surface area contributed by atoms with Crippen LogP contribution in [0.1, 0.15) is 27.0 Å². The molecule has 1 aliphatic rings. The van der Waals surface area contributed by atoms with Gasteiger partial charge in [-0.25, -0.2) is 4.90 Å². The van der Waals surface area contributed by atoms with Gasteiger partial charge in [-0.2, -0.15) is 0 Å². The number of carbonyl (C=O) groups excluding carboxylic acids is 3. The summed E-state index contributed by atoms with van der Waals surface area (Å²) in [5.41, 5.74) is 4.75. The predicted molar refractivity (Wildman–Crippen MR) is 137 cm³/mol. The van der Waals surface area contributed by atoms with Crippen molar-refractivity contribution >= 4 is 46.4 Å². The lowest BCUT2D eigenvalue weighted by Crippen LogP contribution is -2.32. The maximum absolute atomic E-state index is 13.1. The van der Waals surface area contributed by atoms with Crippen molar-refractivity contribution < 1.29 is 19.1 Å². The highest BCUT2D eigenvalue weighted by Gasteiger charge is 2.39. The first-order valence-corrected chi connectivity index (χ1v) is 11.3. The van der Waals surface area contributed by atoms with Crippen molar-refractivity contribution in [1.82, 2.24) is 0 Å². The molecule has 3 aromatic carbocycles. The minimum atomic E-state index is -0.634. The van der Waals surface area contributed by atoms with Crippen LogP contribution in [0.4, 0.5) is 17.1 Å². The van der Waals surface area contributed by atoms with Gasteiger partial charge in [0.15, 0.2) is 0 Å². The van der Waals surface area contributed by atoms with Gasteiger partial charge in [0.05, 0.1) is 12.8 Å². The molecule has 4 rings (SSSR count). The summed E-state index contributed by atoms with van der Waals surface area (Å²) in [7, 11) is 1.53. The zero-order valence-electron chi connectivity index (χ0n) is 19.7. The lowest BCUT2D eigenvalue weighted by Gasteiger charge is -2.16. The molecule has 0 unspecified atom stereocenters. The molecule has 0 radical (unpaired) electrons. The lowest BCUT2D eigenvalue weighted by atomic mass is 10.1. The molecular formula is C27H24ClN3O4. The maximum Gasteiger partial charge on any atom is 0.283 e. The Bertz CT molecular complexity index is 1380. The Morgan fingerprint density at radius 1 is 0.886 bits per heavy atom. The smallest absolute Gasteiger partial charge is 0.283 e. The van der Waals surface area contributed by atoms with Crippen LogP contribution in [0.25, 0.3) is 0 Å². The first kappa shape index (κ1) is 24.0. The zero-order chi connectivity index (χ0) is 25.3. The van der Waals surface area contributed by atoms with E-state index in [2.05, 4.69) is 10.6 Å². The Kier molecular flexibility index (Phi) is 6.62. The third-order valence-electron chi connectivity index (χ3n) is 5.97. The first-order chi connectivity index (χ1) is 16.7. The minimum absolute atomic E-state index is 0.0531. The number of nitrogens with zero attached hydrogens (tertiary/aromatic N) is 1. The highest BCUT2D eigenvalue weighted by molar-refractivity contribution is 6.53. The number of anilines is 3. The van der Waals surface area contributed by atoms with Crippen LogP contribution in [0.5, 0.6) is 5.75 Å². The van der Waals surface area contributed by atoms with Gasteiger partial charge in [-0.05, 0) is 79.9 Å². The van der Waals surface area contributed by atoms with Crippen LogP contribution in [-0.4, -0.2) is 24.8 Å². The number of amides is 3. The highest BCUT2D eigenvalue weighted by atomic mass is 35.5. The van der Waals surface area contributed by atoms with Crippen LogP contribution in [0.3, 0.4) is 0 Å². The van der Waals surface area contributed by atoms with Gasteiger partial charge >= 0.3 is 0 Å². The van der Waals surface area contributed by atoms with Crippen LogP contribution in [0.15, 0.2) is 71.4 Å². The van der Waals surface area contributed by atoms with Crippen LogP contribution < -0.4 is 20.3 Å². The van der Waals surface area contributed by atoms with Crippen molar-refractivity contribution in [2.24, 2.45) is 0 Å². The standard InChI is InChI=1S/C27H24ClN3O4/c1-15-6-5-7-21(17(15)3)30-25(32)18-9-8-16(2)22(14-18)29-24-23(28)26(33)31(27(24)34)19-10-12-20(35-4)13-11-19/h5-14,29H,1-4H3,(H,30,32). The number of aryl methyl sites for hydroxylation is 2. The third kappa shape index (κ3) is 4.63. The van der Waals surface area contributed by atoms with Crippen LogP contribution >= 0.6 is 11.6 Å². The summed E-state index contributed by atoms with van der Waals surface area (Å²) in [4.78, 5) is 39.8. The molecule has 1 aliphatic heterocycles. The number of benzene rings is 3. The second kappa shape index (κ2) is 9.64. The van der Waals surface area contributed by atoms with E-state index in [1.807, 2.05) is 39.0 Å². The average Bonchev–Trinajstić information content (AvgIpc) is 3.06. The highest BCUT2D eigenvalue weighted by Crippen LogP contribution is 2.32. The van der Waals surface area contributed by atoms with E-state index in [0.717, 1.165) is 27.3 Å². The fourth-order valence-electron chi connectivity index (χ4n) is 3.69. The molecular weight excluding hydrogens is 466 g/mol. The van der Waals surface area contributed by atoms with Gasteiger partial charge in [-0.1, -0.05) is 29.8 Å². The van der Waals surface area contributed by atoms with Crippen molar-refractivity contribution in [3.8, 4) is 5.75 Å². The van der Waals surface area contributed by atoms with E-state index in [1.165, 1.54) is 7.11 Å². The van der Waals surface area contributed by atoms with E-state index >= 15 is 0 Å². The van der Waals surface area contributed by atoms with E-state index < -0.39 is 11.8 Å². The predicted octanol–water partition coefficient (Wildman–Crippen LogP) is 5.31. The Morgan fingerprint density at radius 2 is 1.60 bits per heavy atom. The Labute approximate surface area is 208 Å². The van der Waals surface area contributed by atoms with E-state index in [0.29, 0.717) is 22.7 Å². The van der Waals surface area contributed by atoms with Crippen molar-refractivity contribution in [2.45, 2.75) is 20.8 Å². The number of rotatable bonds is 6. The van der Waals surface area contributed by atoms with E-state index in [4.69, 9.17) is 16.3 Å². The Morgan fingerprint density at radius 3 is 2.29 bits per heavy atom. The Hall–Kier alpha value is -4.10. The molecule has 0 aliphatic carbocycles. The van der Waals surface area contributed by atoms with Gasteiger partial charge < -0.3 is 15.4 Å². The zero-order valence-corrected chi connectivity index (χ0v) is 20.5. The minimum Gasteiger partial charge on any atom is -0.497 e. The molecule has 8 heteroatoms. The van der Waals surface area contributed by atoms with Gasteiger partial charge in [-0.3, -0.25) is 14.4 Å². The summed E-state index contributed by atoms with van der Waals surface area (Å²) in [5.74, 6) is -0.923. The number of ether oxygens (including phenoxy) is 1. The maximum atomic E-state index is 13.1. The van der Waals surface area contributed by atoms with Crippen molar-refractivity contribution in [2.75, 3.05) is 22.6 Å². The summed E-state index contributed by atoms with van der Waals surface area (Å²) >= 11 is 6.27. The number of imide groups is 1. The number of carbonyl (C=O) groups is 3. The topological polar surface area (TPSA) is 87.7 Å². The summed E-state index contributed by atoms with van der Waals surface area (Å²) in [6.45, 7) is 5.75. The largest absolute Gasteiger partial charge is 0.497 e. The Balaban J connectivity index is 1.58. The summed E-state index contributed by atoms with van der Waals surface area (Å²) < 4.78 is 5.13. The van der Waals surface area contributed by atoms with Gasteiger partial charge in [0.25, 0.3) is 17.7 Å². The number of hydrogen-bond donors (Lipinski definition) is 2. The van der Waals surface area contributed by atoms with Crippen molar-refractivity contribution in [1.29, 1.82) is 0 Å². The SMILES string of the molecule is COc1ccc(N2C(=O)C(Cl)=C(Nc3cc(C(=O)Nc4cccc(C)c4C)ccc3C)C2=O)cc1. The fraction of sp³-hybridized carbons (Fsp3) is 0.148. The number of methoxy groups -OCH3 is 1. The lowest BCUT2D eigenvalue weighted by molar-refractivity contribution is -0.120. The average molecular weight is 490 g/mol. The second-order valence-corrected chi connectivity index (χ2v) is 8.57. The molecule has 0 fully saturated rings. The van der Waals surface area contributed by atoms with Crippen molar-refractivity contribution in [3.05, 3.63) is 93.6 Å². The monoisotopic (exact) mass is 489 g/mol. The molecule has 35 heavy (non-hydrogen) atoms. The van der Waals surface area contributed by atoms with Gasteiger partial charge in [0.1, 0.15) is 16.5 Å². The first-order valence-electron chi connectivity index (χ1n) is 10.9. The molecule has 3 aromatic rings. The molecule has 0 atom stereocenters. The van der Waals surface area contributed by atoms with Gasteiger partial charge in [-0.15, -0.1) is 0 Å². The molecule has 178 valence electrons. The van der Waals surface area contributed by atoms with E-state index in [-0.39, 0.29) is 16.6 Å². The van der Waals surface area contributed by atoms with Crippen LogP contribution in [0, 0.1) is 20.8 Å². The molecule has 2 N–H and O–H groups in total. The molecule has 0 spiro atoms. The third-order valence-corrected chi connectivity index (χ3v) is 6.32. The van der Waals surface area contributed by atoms with E-state index in [9.17, 15) is 14.4 Å². The number of halogens is 1. The molecule has 0 saturated heterocycles. The molecule has 1 heterocycles. The molecule has 0 bridgehead atoms. The summed E-state index contributed by atoms with van der Waals surface area (Å²) in [5, 5.41) is 5.67. The number of nitrogens with one attached hydrogen (secondary N) is 2.